The molecule has 6 rings (SSSR count). The molecule has 8 heteroatoms. The topological polar surface area (TPSA) is 79.3 Å². The van der Waals surface area contributed by atoms with Gasteiger partial charge >= 0.3 is 0 Å². The largest absolute Gasteiger partial charge is 0.363 e. The smallest absolute Gasteiger partial charge is 0.216 e. The van der Waals surface area contributed by atoms with Crippen LogP contribution >= 0.6 is 0 Å². The quantitative estimate of drug-likeness (QED) is 0.711. The second kappa shape index (κ2) is 7.63. The first-order valence-electron chi connectivity index (χ1n) is 11.7. The number of hydrogen-bond acceptors (Lipinski definition) is 6. The summed E-state index contributed by atoms with van der Waals surface area (Å²) < 4.78 is 27.0. The van der Waals surface area contributed by atoms with Gasteiger partial charge in [-0.2, -0.15) is 0 Å². The highest BCUT2D eigenvalue weighted by atomic mass is 32.2. The first-order chi connectivity index (χ1) is 15.5. The van der Waals surface area contributed by atoms with Crippen LogP contribution in [-0.4, -0.2) is 52.1 Å². The molecular weight excluding hydrogens is 422 g/mol. The van der Waals surface area contributed by atoms with E-state index < -0.39 is 10.0 Å². The third kappa shape index (κ3) is 3.35. The van der Waals surface area contributed by atoms with Gasteiger partial charge in [0.15, 0.2) is 0 Å². The van der Waals surface area contributed by atoms with Gasteiger partial charge in [-0.05, 0) is 38.7 Å². The minimum atomic E-state index is -3.09. The summed E-state index contributed by atoms with van der Waals surface area (Å²) >= 11 is 0. The fourth-order valence-corrected chi connectivity index (χ4v) is 7.42. The third-order valence-electron chi connectivity index (χ3n) is 7.52. The Hall–Kier alpha value is -2.32. The van der Waals surface area contributed by atoms with Gasteiger partial charge in [-0.3, -0.25) is 4.98 Å². The second-order valence-electron chi connectivity index (χ2n) is 9.58. The molecule has 32 heavy (non-hydrogen) atoms. The van der Waals surface area contributed by atoms with E-state index in [0.29, 0.717) is 19.1 Å². The summed E-state index contributed by atoms with van der Waals surface area (Å²) in [5, 5.41) is -0.128. The van der Waals surface area contributed by atoms with Crippen molar-refractivity contribution in [2.45, 2.75) is 69.2 Å². The average molecular weight is 452 g/mol. The molecule has 2 fully saturated rings. The molecule has 2 aromatic heterocycles. The lowest BCUT2D eigenvalue weighted by molar-refractivity contribution is 0.314. The van der Waals surface area contributed by atoms with E-state index in [4.69, 9.17) is 4.98 Å². The first-order valence-corrected chi connectivity index (χ1v) is 13.3. The molecule has 0 bridgehead atoms. The van der Waals surface area contributed by atoms with Crippen LogP contribution < -0.4 is 4.90 Å². The van der Waals surface area contributed by atoms with Crippen LogP contribution in [0.15, 0.2) is 24.7 Å². The van der Waals surface area contributed by atoms with Gasteiger partial charge in [-0.1, -0.05) is 12.2 Å². The first kappa shape index (κ1) is 20.3. The molecule has 2 aromatic rings. The molecule has 0 aromatic carbocycles. The third-order valence-corrected chi connectivity index (χ3v) is 9.92. The lowest BCUT2D eigenvalue weighted by Crippen LogP contribution is -2.42. The Morgan fingerprint density at radius 3 is 2.62 bits per heavy atom. The number of rotatable bonds is 4. The van der Waals surface area contributed by atoms with Gasteiger partial charge in [0.05, 0.1) is 22.3 Å². The highest BCUT2D eigenvalue weighted by molar-refractivity contribution is 7.90. The van der Waals surface area contributed by atoms with E-state index in [1.54, 1.807) is 10.6 Å². The number of nitrogens with zero attached hydrogens (tertiary/aromatic N) is 5. The highest BCUT2D eigenvalue weighted by Gasteiger charge is 2.42. The number of pyridine rings is 1. The monoisotopic (exact) mass is 451 g/mol. The molecule has 4 heterocycles. The van der Waals surface area contributed by atoms with E-state index in [-0.39, 0.29) is 11.2 Å². The molecule has 2 aliphatic heterocycles. The number of piperidine rings is 1. The maximum atomic E-state index is 12.6. The lowest BCUT2D eigenvalue weighted by Gasteiger charge is -2.39. The van der Waals surface area contributed by atoms with Crippen molar-refractivity contribution in [3.63, 3.8) is 0 Å². The highest BCUT2D eigenvalue weighted by Crippen LogP contribution is 2.39. The van der Waals surface area contributed by atoms with Crippen LogP contribution in [0, 0.1) is 0 Å². The number of fused-ring (bicyclic) bond motifs is 2. The summed E-state index contributed by atoms with van der Waals surface area (Å²) in [6.07, 6.45) is 13.1. The van der Waals surface area contributed by atoms with Crippen molar-refractivity contribution >= 4 is 21.8 Å². The molecule has 7 nitrogen and oxygen atoms in total. The van der Waals surface area contributed by atoms with E-state index in [1.807, 2.05) is 6.20 Å². The number of anilines is 1. The predicted octanol–water partition coefficient (Wildman–Crippen LogP) is 3.06. The van der Waals surface area contributed by atoms with Gasteiger partial charge in [0.2, 0.25) is 10.0 Å². The van der Waals surface area contributed by atoms with Crippen molar-refractivity contribution in [2.24, 2.45) is 0 Å². The maximum Gasteiger partial charge on any atom is 0.216 e. The van der Waals surface area contributed by atoms with Gasteiger partial charge in [-0.25, -0.2) is 22.7 Å². The molecule has 1 saturated heterocycles. The fraction of sp³-hybridized carbons (Fsp3) is 0.542. The molecule has 1 saturated carbocycles. The van der Waals surface area contributed by atoms with Gasteiger partial charge in [0, 0.05) is 67.4 Å². The maximum absolute atomic E-state index is 12.6. The van der Waals surface area contributed by atoms with E-state index in [1.165, 1.54) is 16.8 Å². The molecule has 1 atom stereocenters. The molecule has 0 N–H and O–H groups in total. The van der Waals surface area contributed by atoms with E-state index in [0.717, 1.165) is 62.2 Å². The van der Waals surface area contributed by atoms with Crippen molar-refractivity contribution in [1.29, 1.82) is 0 Å². The number of aromatic nitrogens is 3. The second-order valence-corrected chi connectivity index (χ2v) is 11.8. The SMILES string of the molecule is C[C@@H]1Cc2ncnc(C3CCN(S(=O)(=O)C4CC4)CC3)c2CN1c1ccnc2c1C=CC2. The van der Waals surface area contributed by atoms with Crippen LogP contribution in [0.5, 0.6) is 0 Å². The Morgan fingerprint density at radius 2 is 1.84 bits per heavy atom. The van der Waals surface area contributed by atoms with E-state index in [9.17, 15) is 8.42 Å². The summed E-state index contributed by atoms with van der Waals surface area (Å²) in [6.45, 7) is 4.26. The van der Waals surface area contributed by atoms with Crippen molar-refractivity contribution in [3.8, 4) is 0 Å². The zero-order valence-corrected chi connectivity index (χ0v) is 19.3. The Morgan fingerprint density at radius 1 is 1.03 bits per heavy atom. The van der Waals surface area contributed by atoms with Crippen molar-refractivity contribution < 1.29 is 8.42 Å². The van der Waals surface area contributed by atoms with Crippen molar-refractivity contribution in [1.82, 2.24) is 19.3 Å². The van der Waals surface area contributed by atoms with E-state index >= 15 is 0 Å². The summed E-state index contributed by atoms with van der Waals surface area (Å²) in [4.78, 5) is 16.4. The molecule has 168 valence electrons. The van der Waals surface area contributed by atoms with Gasteiger partial charge in [-0.15, -0.1) is 0 Å². The average Bonchev–Trinajstić information content (AvgIpc) is 3.56. The Bertz CT molecular complexity index is 1180. The zero-order valence-electron chi connectivity index (χ0n) is 18.4. The predicted molar refractivity (Wildman–Crippen MR) is 124 cm³/mol. The van der Waals surface area contributed by atoms with Crippen molar-refractivity contribution in [3.05, 3.63) is 52.9 Å². The van der Waals surface area contributed by atoms with Crippen LogP contribution in [0.4, 0.5) is 5.69 Å². The summed E-state index contributed by atoms with van der Waals surface area (Å²) in [5.74, 6) is 0.288. The van der Waals surface area contributed by atoms with Gasteiger partial charge in [0.25, 0.3) is 0 Å². The van der Waals surface area contributed by atoms with Gasteiger partial charge < -0.3 is 4.90 Å². The fourth-order valence-electron chi connectivity index (χ4n) is 5.55. The van der Waals surface area contributed by atoms with Crippen LogP contribution in [0.1, 0.15) is 66.7 Å². The molecule has 0 amide bonds. The molecule has 2 aliphatic carbocycles. The minimum absolute atomic E-state index is 0.128. The summed E-state index contributed by atoms with van der Waals surface area (Å²) in [6, 6.07) is 2.47. The lowest BCUT2D eigenvalue weighted by atomic mass is 9.87. The Balaban J connectivity index is 1.27. The van der Waals surface area contributed by atoms with Crippen LogP contribution in [0.3, 0.4) is 0 Å². The van der Waals surface area contributed by atoms with Crippen molar-refractivity contribution in [2.75, 3.05) is 18.0 Å². The summed E-state index contributed by atoms with van der Waals surface area (Å²) in [7, 11) is -3.09. The summed E-state index contributed by atoms with van der Waals surface area (Å²) in [5.41, 5.74) is 7.13. The van der Waals surface area contributed by atoms with Crippen LogP contribution in [0.2, 0.25) is 0 Å². The Kier molecular flexibility index (Phi) is 4.84. The number of sulfonamides is 1. The molecular formula is C24H29N5O2S. The molecule has 0 unspecified atom stereocenters. The van der Waals surface area contributed by atoms with Crippen LogP contribution in [-0.2, 0) is 29.4 Å². The molecule has 0 radical (unpaired) electrons. The minimum Gasteiger partial charge on any atom is -0.363 e. The Labute approximate surface area is 189 Å². The normalized spacial score (nSPS) is 23.9. The van der Waals surface area contributed by atoms with Gasteiger partial charge in [0.1, 0.15) is 6.33 Å². The number of hydrogen-bond donors (Lipinski definition) is 0. The molecule has 0 spiro atoms. The van der Waals surface area contributed by atoms with Crippen LogP contribution in [0.25, 0.3) is 6.08 Å². The standard InChI is InChI=1S/C24H29N5O2S/c1-16-13-22-20(14-29(16)23-7-10-25-21-4-2-3-19(21)23)24(27-15-26-22)17-8-11-28(12-9-17)32(30,31)18-5-6-18/h2-3,7,10,15-18H,4-6,8-9,11-14H2,1H3/t16-/m1/s1. The van der Waals surface area contributed by atoms with E-state index in [2.05, 4.69) is 40.0 Å². The zero-order chi connectivity index (χ0) is 21.9. The number of allylic oxidation sites excluding steroid dienone is 1. The molecule has 4 aliphatic rings.